The van der Waals surface area contributed by atoms with E-state index in [0.717, 1.165) is 29.8 Å². The summed E-state index contributed by atoms with van der Waals surface area (Å²) in [5.41, 5.74) is 5.91. The number of hydrogen-bond donors (Lipinski definition) is 2. The molecule has 0 saturated carbocycles. The van der Waals surface area contributed by atoms with Crippen molar-refractivity contribution in [1.82, 2.24) is 10.3 Å². The topological polar surface area (TPSA) is 46.3 Å². The van der Waals surface area contributed by atoms with Gasteiger partial charge in [-0.3, -0.25) is 0 Å². The highest BCUT2D eigenvalue weighted by molar-refractivity contribution is 6.35. The summed E-state index contributed by atoms with van der Waals surface area (Å²) >= 11 is 12.3. The van der Waals surface area contributed by atoms with Crippen LogP contribution in [0, 0.1) is 0 Å². The Morgan fingerprint density at radius 2 is 1.84 bits per heavy atom. The molecule has 4 aromatic rings. The zero-order valence-electron chi connectivity index (χ0n) is 17.0. The Morgan fingerprint density at radius 1 is 1.00 bits per heavy atom. The molecule has 2 heterocycles. The molecule has 0 spiro atoms. The van der Waals surface area contributed by atoms with Crippen LogP contribution in [0.1, 0.15) is 28.4 Å². The third-order valence-corrected chi connectivity index (χ3v) is 6.30. The fourth-order valence-corrected chi connectivity index (χ4v) is 4.77. The number of aromatic nitrogens is 1. The van der Waals surface area contributed by atoms with Gasteiger partial charge in [0.05, 0.1) is 18.2 Å². The molecular formula is C25H22Cl2N2O2. The monoisotopic (exact) mass is 452 g/mol. The fraction of sp³-hybridized carbons (Fsp3) is 0.200. The summed E-state index contributed by atoms with van der Waals surface area (Å²) in [7, 11) is 1.67. The first-order chi connectivity index (χ1) is 15.1. The quantitative estimate of drug-likeness (QED) is 0.373. The Hall–Kier alpha value is -2.66. The highest BCUT2D eigenvalue weighted by atomic mass is 35.5. The summed E-state index contributed by atoms with van der Waals surface area (Å²) in [5, 5.41) is 6.03. The van der Waals surface area contributed by atoms with Crippen LogP contribution in [0.3, 0.4) is 0 Å². The lowest BCUT2D eigenvalue weighted by molar-refractivity contribution is 0.296. The molecule has 0 radical (unpaired) electrons. The molecule has 0 aliphatic carbocycles. The third-order valence-electron chi connectivity index (χ3n) is 5.77. The van der Waals surface area contributed by atoms with Crippen LogP contribution in [0.15, 0.2) is 60.7 Å². The lowest BCUT2D eigenvalue weighted by Crippen LogP contribution is -2.30. The molecule has 1 aliphatic heterocycles. The number of fused-ring (bicyclic) bond motifs is 3. The highest BCUT2D eigenvalue weighted by Crippen LogP contribution is 2.35. The fourth-order valence-electron chi connectivity index (χ4n) is 4.30. The van der Waals surface area contributed by atoms with Gasteiger partial charge in [0.15, 0.2) is 0 Å². The number of hydrogen-bond acceptors (Lipinski definition) is 3. The number of rotatable bonds is 5. The summed E-state index contributed by atoms with van der Waals surface area (Å²) in [6.07, 6.45) is 1.01. The van der Waals surface area contributed by atoms with Gasteiger partial charge in [0, 0.05) is 33.7 Å². The van der Waals surface area contributed by atoms with Gasteiger partial charge in [0.1, 0.15) is 18.1 Å². The van der Waals surface area contributed by atoms with E-state index in [1.54, 1.807) is 25.3 Å². The summed E-state index contributed by atoms with van der Waals surface area (Å²) in [4.78, 5) is 3.63. The van der Waals surface area contributed by atoms with Gasteiger partial charge in [-0.25, -0.2) is 0 Å². The molecule has 2 N–H and O–H groups in total. The van der Waals surface area contributed by atoms with Crippen molar-refractivity contribution in [2.24, 2.45) is 0 Å². The number of H-pyrrole nitrogens is 1. The van der Waals surface area contributed by atoms with Crippen molar-refractivity contribution < 1.29 is 9.47 Å². The number of para-hydroxylation sites is 1. The molecule has 1 atom stereocenters. The van der Waals surface area contributed by atoms with Crippen molar-refractivity contribution in [1.29, 1.82) is 0 Å². The molecule has 0 saturated heterocycles. The van der Waals surface area contributed by atoms with Crippen LogP contribution in [-0.2, 0) is 13.0 Å². The Morgan fingerprint density at radius 3 is 2.68 bits per heavy atom. The number of aromatic amines is 1. The summed E-state index contributed by atoms with van der Waals surface area (Å²) < 4.78 is 11.6. The van der Waals surface area contributed by atoms with Gasteiger partial charge < -0.3 is 19.8 Å². The van der Waals surface area contributed by atoms with Gasteiger partial charge >= 0.3 is 0 Å². The zero-order chi connectivity index (χ0) is 21.4. The van der Waals surface area contributed by atoms with E-state index in [0.29, 0.717) is 22.4 Å². The van der Waals surface area contributed by atoms with Crippen LogP contribution in [0.4, 0.5) is 0 Å². The van der Waals surface area contributed by atoms with E-state index in [2.05, 4.69) is 46.7 Å². The molecule has 5 rings (SSSR count). The van der Waals surface area contributed by atoms with Crippen LogP contribution < -0.4 is 14.8 Å². The maximum atomic E-state index is 6.26. The molecule has 31 heavy (non-hydrogen) atoms. The number of benzene rings is 3. The first-order valence-corrected chi connectivity index (χ1v) is 11.0. The lowest BCUT2D eigenvalue weighted by Gasteiger charge is -2.25. The second-order valence-corrected chi connectivity index (χ2v) is 8.48. The predicted molar refractivity (Wildman–Crippen MR) is 126 cm³/mol. The van der Waals surface area contributed by atoms with Gasteiger partial charge in [0.2, 0.25) is 0 Å². The zero-order valence-corrected chi connectivity index (χ0v) is 18.6. The van der Waals surface area contributed by atoms with Crippen molar-refractivity contribution >= 4 is 34.1 Å². The van der Waals surface area contributed by atoms with Crippen LogP contribution >= 0.6 is 23.2 Å². The minimum atomic E-state index is 0.0833. The van der Waals surface area contributed by atoms with Crippen LogP contribution in [-0.4, -0.2) is 18.6 Å². The predicted octanol–water partition coefficient (Wildman–Crippen LogP) is 6.30. The average molecular weight is 453 g/mol. The molecule has 158 valence electrons. The summed E-state index contributed by atoms with van der Waals surface area (Å²) in [6.45, 7) is 1.27. The van der Waals surface area contributed by atoms with Crippen LogP contribution in [0.2, 0.25) is 10.0 Å². The molecule has 0 amide bonds. The number of nitrogens with one attached hydrogen (secondary N) is 2. The SMILES string of the molecule is COc1ccc(C2NCCc3c2[nH]c2ccccc32)cc1COc1ccc(Cl)cc1Cl. The summed E-state index contributed by atoms with van der Waals surface area (Å²) in [6, 6.07) is 20.0. The highest BCUT2D eigenvalue weighted by Gasteiger charge is 2.25. The largest absolute Gasteiger partial charge is 0.496 e. The van der Waals surface area contributed by atoms with Crippen molar-refractivity contribution in [3.05, 3.63) is 93.1 Å². The Kier molecular flexibility index (Phi) is 5.53. The molecule has 1 aromatic heterocycles. The van der Waals surface area contributed by atoms with Crippen LogP contribution in [0.5, 0.6) is 11.5 Å². The molecular weight excluding hydrogens is 431 g/mol. The smallest absolute Gasteiger partial charge is 0.138 e. The van der Waals surface area contributed by atoms with Gasteiger partial charge in [-0.05, 0) is 53.9 Å². The third kappa shape index (κ3) is 3.87. The minimum Gasteiger partial charge on any atom is -0.496 e. The standard InChI is InChI=1S/C25H22Cl2N2O2/c1-30-22-8-6-15(12-16(22)14-31-23-9-7-17(26)13-20(23)27)24-25-19(10-11-28-24)18-4-2-3-5-21(18)29-25/h2-9,12-13,24,28-29H,10-11,14H2,1H3. The van der Waals surface area contributed by atoms with E-state index in [9.17, 15) is 0 Å². The van der Waals surface area contributed by atoms with Gasteiger partial charge in [-0.15, -0.1) is 0 Å². The molecule has 1 aliphatic rings. The van der Waals surface area contributed by atoms with Gasteiger partial charge in [0.25, 0.3) is 0 Å². The minimum absolute atomic E-state index is 0.0833. The van der Waals surface area contributed by atoms with Crippen molar-refractivity contribution in [3.8, 4) is 11.5 Å². The van der Waals surface area contributed by atoms with E-state index in [-0.39, 0.29) is 6.04 Å². The first kappa shape index (κ1) is 20.3. The van der Waals surface area contributed by atoms with Crippen molar-refractivity contribution in [3.63, 3.8) is 0 Å². The Balaban J connectivity index is 1.47. The number of methoxy groups -OCH3 is 1. The normalized spacial score (nSPS) is 15.6. The second-order valence-electron chi connectivity index (χ2n) is 7.63. The second kappa shape index (κ2) is 8.46. The van der Waals surface area contributed by atoms with Crippen LogP contribution in [0.25, 0.3) is 10.9 Å². The van der Waals surface area contributed by atoms with E-state index >= 15 is 0 Å². The first-order valence-electron chi connectivity index (χ1n) is 10.2. The molecule has 6 heteroatoms. The summed E-state index contributed by atoms with van der Waals surface area (Å²) in [5.74, 6) is 1.37. The molecule has 3 aromatic carbocycles. The van der Waals surface area contributed by atoms with Crippen molar-refractivity contribution in [2.45, 2.75) is 19.1 Å². The van der Waals surface area contributed by atoms with Crippen molar-refractivity contribution in [2.75, 3.05) is 13.7 Å². The van der Waals surface area contributed by atoms with E-state index in [1.807, 2.05) is 6.07 Å². The Bertz CT molecular complexity index is 1250. The van der Waals surface area contributed by atoms with E-state index < -0.39 is 0 Å². The van der Waals surface area contributed by atoms with E-state index in [4.69, 9.17) is 32.7 Å². The number of halogens is 2. The van der Waals surface area contributed by atoms with E-state index in [1.165, 1.54) is 22.2 Å². The molecule has 4 nitrogen and oxygen atoms in total. The number of ether oxygens (including phenoxy) is 2. The lowest BCUT2D eigenvalue weighted by atomic mass is 9.93. The Labute approximate surface area is 191 Å². The maximum absolute atomic E-state index is 6.26. The molecule has 0 bridgehead atoms. The molecule has 0 fully saturated rings. The van der Waals surface area contributed by atoms with Gasteiger partial charge in [-0.2, -0.15) is 0 Å². The maximum Gasteiger partial charge on any atom is 0.138 e. The average Bonchev–Trinajstić information content (AvgIpc) is 3.17. The van der Waals surface area contributed by atoms with Gasteiger partial charge in [-0.1, -0.05) is 47.5 Å². The molecule has 1 unspecified atom stereocenters.